The smallest absolute Gasteiger partial charge is 0.150 e. The molecule has 0 saturated carbocycles. The van der Waals surface area contributed by atoms with Crippen LogP contribution in [0.5, 0.6) is 0 Å². The van der Waals surface area contributed by atoms with Crippen molar-refractivity contribution < 1.29 is 9.90 Å². The number of aliphatic hydroxyl groups excluding tert-OH is 1. The Morgan fingerprint density at radius 2 is 1.85 bits per heavy atom. The van der Waals surface area contributed by atoms with Crippen LogP contribution in [0.1, 0.15) is 53.1 Å². The van der Waals surface area contributed by atoms with Gasteiger partial charge in [0.1, 0.15) is 12.5 Å². The summed E-state index contributed by atoms with van der Waals surface area (Å²) in [6.45, 7) is 2.95. The van der Waals surface area contributed by atoms with Gasteiger partial charge in [-0.25, -0.2) is 0 Å². The molecule has 136 valence electrons. The molecule has 0 fully saturated rings. The van der Waals surface area contributed by atoms with Crippen molar-refractivity contribution in [2.75, 3.05) is 6.54 Å². The highest BCUT2D eigenvalue weighted by atomic mass is 16.3. The normalized spacial score (nSPS) is 19.8. The highest BCUT2D eigenvalue weighted by molar-refractivity contribution is 5.74. The molecule has 1 aliphatic rings. The molecule has 3 atom stereocenters. The lowest BCUT2D eigenvalue weighted by Gasteiger charge is -2.30. The highest BCUT2D eigenvalue weighted by Crippen LogP contribution is 2.39. The van der Waals surface area contributed by atoms with E-state index in [1.165, 1.54) is 11.1 Å². The quantitative estimate of drug-likeness (QED) is 0.699. The Morgan fingerprint density at radius 1 is 1.15 bits per heavy atom. The van der Waals surface area contributed by atoms with Crippen LogP contribution in [0.3, 0.4) is 0 Å². The fourth-order valence-electron chi connectivity index (χ4n) is 3.69. The van der Waals surface area contributed by atoms with Crippen LogP contribution in [0.25, 0.3) is 0 Å². The number of hydrogen-bond donors (Lipinski definition) is 3. The number of carbonyl (C=O) groups is 1. The number of rotatable bonds is 6. The van der Waals surface area contributed by atoms with E-state index in [0.29, 0.717) is 11.3 Å². The summed E-state index contributed by atoms with van der Waals surface area (Å²) in [7, 11) is 0. The SMILES string of the molecule is CC(c1ccc(C=O)cc1)C(CC1=C(N)C(O)NCC1)c1ccccc1. The van der Waals surface area contributed by atoms with E-state index < -0.39 is 6.23 Å². The number of nitrogens with one attached hydrogen (secondary N) is 1. The fourth-order valence-corrected chi connectivity index (χ4v) is 3.69. The van der Waals surface area contributed by atoms with Gasteiger partial charge in [0.2, 0.25) is 0 Å². The standard InChI is InChI=1S/C22H26N2O2/c1-15(17-9-7-16(14-25)8-10-17)20(18-5-3-2-4-6-18)13-19-11-12-24-22(26)21(19)23/h2-10,14-15,20,22,24,26H,11-13,23H2,1H3. The zero-order valence-electron chi connectivity index (χ0n) is 15.1. The molecule has 4 heteroatoms. The molecule has 26 heavy (non-hydrogen) atoms. The van der Waals surface area contributed by atoms with Crippen LogP contribution in [0, 0.1) is 0 Å². The Labute approximate surface area is 154 Å². The highest BCUT2D eigenvalue weighted by Gasteiger charge is 2.26. The molecule has 0 spiro atoms. The molecular weight excluding hydrogens is 324 g/mol. The van der Waals surface area contributed by atoms with Crippen molar-refractivity contribution in [3.8, 4) is 0 Å². The third-order valence-electron chi connectivity index (χ3n) is 5.36. The van der Waals surface area contributed by atoms with Gasteiger partial charge in [0, 0.05) is 12.1 Å². The fraction of sp³-hybridized carbons (Fsp3) is 0.318. The van der Waals surface area contributed by atoms with Crippen molar-refractivity contribution in [3.63, 3.8) is 0 Å². The van der Waals surface area contributed by atoms with Crippen molar-refractivity contribution in [2.45, 2.75) is 37.8 Å². The molecule has 0 amide bonds. The number of nitrogens with two attached hydrogens (primary N) is 1. The van der Waals surface area contributed by atoms with Crippen LogP contribution in [-0.4, -0.2) is 24.2 Å². The van der Waals surface area contributed by atoms with E-state index >= 15 is 0 Å². The third kappa shape index (κ3) is 4.03. The summed E-state index contributed by atoms with van der Waals surface area (Å²) in [4.78, 5) is 10.9. The maximum Gasteiger partial charge on any atom is 0.150 e. The van der Waals surface area contributed by atoms with Gasteiger partial charge in [-0.3, -0.25) is 10.1 Å². The molecule has 4 nitrogen and oxygen atoms in total. The largest absolute Gasteiger partial charge is 0.399 e. The average molecular weight is 350 g/mol. The molecule has 0 aliphatic carbocycles. The monoisotopic (exact) mass is 350 g/mol. The van der Waals surface area contributed by atoms with Crippen molar-refractivity contribution in [1.82, 2.24) is 5.32 Å². The lowest BCUT2D eigenvalue weighted by molar-refractivity contribution is 0.112. The summed E-state index contributed by atoms with van der Waals surface area (Å²) in [5, 5.41) is 13.0. The third-order valence-corrected chi connectivity index (χ3v) is 5.36. The first-order valence-corrected chi connectivity index (χ1v) is 9.09. The van der Waals surface area contributed by atoms with Crippen molar-refractivity contribution in [2.24, 2.45) is 5.73 Å². The van der Waals surface area contributed by atoms with Gasteiger partial charge in [0.15, 0.2) is 0 Å². The Bertz CT molecular complexity index is 768. The van der Waals surface area contributed by atoms with E-state index in [2.05, 4.69) is 36.5 Å². The van der Waals surface area contributed by atoms with Crippen molar-refractivity contribution in [1.29, 1.82) is 0 Å². The molecule has 2 aromatic carbocycles. The predicted octanol–water partition coefficient (Wildman–Crippen LogP) is 3.30. The molecule has 3 unspecified atom stereocenters. The van der Waals surface area contributed by atoms with Gasteiger partial charge in [-0.2, -0.15) is 0 Å². The van der Waals surface area contributed by atoms with Gasteiger partial charge in [-0.15, -0.1) is 0 Å². The minimum atomic E-state index is -0.752. The van der Waals surface area contributed by atoms with E-state index in [0.717, 1.165) is 31.2 Å². The van der Waals surface area contributed by atoms with Crippen LogP contribution in [0.15, 0.2) is 65.9 Å². The predicted molar refractivity (Wildman–Crippen MR) is 104 cm³/mol. The molecule has 0 aromatic heterocycles. The zero-order valence-corrected chi connectivity index (χ0v) is 15.1. The van der Waals surface area contributed by atoms with E-state index in [1.54, 1.807) is 0 Å². The van der Waals surface area contributed by atoms with Crippen LogP contribution in [0.4, 0.5) is 0 Å². The maximum atomic E-state index is 10.9. The second-order valence-electron chi connectivity index (χ2n) is 6.96. The van der Waals surface area contributed by atoms with E-state index in [1.807, 2.05) is 30.3 Å². The minimum Gasteiger partial charge on any atom is -0.399 e. The number of aldehydes is 1. The summed E-state index contributed by atoms with van der Waals surface area (Å²) in [5.74, 6) is 0.502. The Kier molecular flexibility index (Phi) is 5.86. The molecular formula is C22H26N2O2. The van der Waals surface area contributed by atoms with Gasteiger partial charge in [-0.1, -0.05) is 61.5 Å². The maximum absolute atomic E-state index is 10.9. The summed E-state index contributed by atoms with van der Waals surface area (Å²) < 4.78 is 0. The number of benzene rings is 2. The second kappa shape index (κ2) is 8.30. The Balaban J connectivity index is 1.93. The minimum absolute atomic E-state index is 0.247. The molecule has 2 aromatic rings. The first-order valence-electron chi connectivity index (χ1n) is 9.09. The van der Waals surface area contributed by atoms with Crippen LogP contribution < -0.4 is 11.1 Å². The Morgan fingerprint density at radius 3 is 2.50 bits per heavy atom. The number of aliphatic hydroxyl groups is 1. The Hall–Kier alpha value is -2.43. The molecule has 0 saturated heterocycles. The van der Waals surface area contributed by atoms with E-state index in [9.17, 15) is 9.90 Å². The van der Waals surface area contributed by atoms with Gasteiger partial charge in [0.05, 0.1) is 5.70 Å². The van der Waals surface area contributed by atoms with Crippen molar-refractivity contribution >= 4 is 6.29 Å². The van der Waals surface area contributed by atoms with Gasteiger partial charge in [0.25, 0.3) is 0 Å². The van der Waals surface area contributed by atoms with Crippen molar-refractivity contribution in [3.05, 3.63) is 82.6 Å². The lowest BCUT2D eigenvalue weighted by Crippen LogP contribution is -2.39. The van der Waals surface area contributed by atoms with Crippen LogP contribution in [-0.2, 0) is 0 Å². The molecule has 1 aliphatic heterocycles. The summed E-state index contributed by atoms with van der Waals surface area (Å²) in [6, 6.07) is 18.2. The van der Waals surface area contributed by atoms with Crippen LogP contribution >= 0.6 is 0 Å². The molecule has 0 radical (unpaired) electrons. The summed E-state index contributed by atoms with van der Waals surface area (Å²) >= 11 is 0. The molecule has 1 heterocycles. The summed E-state index contributed by atoms with van der Waals surface area (Å²) in [5.41, 5.74) is 11.0. The topological polar surface area (TPSA) is 75.4 Å². The first kappa shape index (κ1) is 18.4. The molecule has 4 N–H and O–H groups in total. The molecule has 0 bridgehead atoms. The number of hydrogen-bond acceptors (Lipinski definition) is 4. The van der Waals surface area contributed by atoms with Gasteiger partial charge < -0.3 is 10.8 Å². The lowest BCUT2D eigenvalue weighted by atomic mass is 9.77. The van der Waals surface area contributed by atoms with Gasteiger partial charge >= 0.3 is 0 Å². The molecule has 3 rings (SSSR count). The zero-order chi connectivity index (χ0) is 18.5. The van der Waals surface area contributed by atoms with E-state index in [-0.39, 0.29) is 11.8 Å². The van der Waals surface area contributed by atoms with Gasteiger partial charge in [-0.05, 0) is 41.4 Å². The summed E-state index contributed by atoms with van der Waals surface area (Å²) in [6.07, 6.45) is 1.77. The number of carbonyl (C=O) groups excluding carboxylic acids is 1. The average Bonchev–Trinajstić information content (AvgIpc) is 2.69. The second-order valence-corrected chi connectivity index (χ2v) is 6.96. The van der Waals surface area contributed by atoms with Crippen LogP contribution in [0.2, 0.25) is 0 Å². The first-order chi connectivity index (χ1) is 12.6. The van der Waals surface area contributed by atoms with E-state index in [4.69, 9.17) is 5.73 Å².